The molecule has 0 aliphatic heterocycles. The van der Waals surface area contributed by atoms with E-state index in [9.17, 15) is 8.78 Å². The lowest BCUT2D eigenvalue weighted by Crippen LogP contribution is -2.41. The molecule has 0 aromatic heterocycles. The lowest BCUT2D eigenvalue weighted by Gasteiger charge is -2.45. The minimum Gasteiger partial charge on any atom is -0.247 e. The van der Waals surface area contributed by atoms with E-state index in [-0.39, 0.29) is 36.5 Å². The first-order valence-corrected chi connectivity index (χ1v) is 12.5. The molecule has 9 unspecified atom stereocenters. The van der Waals surface area contributed by atoms with E-state index in [1.165, 1.54) is 25.7 Å². The van der Waals surface area contributed by atoms with Gasteiger partial charge in [-0.3, -0.25) is 0 Å². The molecule has 4 saturated carbocycles. The molecule has 168 valence electrons. The molecule has 0 N–H and O–H groups in total. The molecule has 0 radical (unpaired) electrons. The summed E-state index contributed by atoms with van der Waals surface area (Å²) >= 11 is 0. The topological polar surface area (TPSA) is 0 Å². The summed E-state index contributed by atoms with van der Waals surface area (Å²) in [4.78, 5) is 0. The van der Waals surface area contributed by atoms with Crippen LogP contribution in [0.1, 0.15) is 90.4 Å². The quantitative estimate of drug-likeness (QED) is 0.412. The van der Waals surface area contributed by atoms with Gasteiger partial charge in [-0.1, -0.05) is 19.8 Å². The lowest BCUT2D eigenvalue weighted by atomic mass is 9.62. The summed E-state index contributed by atoms with van der Waals surface area (Å²) in [6, 6.07) is 0. The van der Waals surface area contributed by atoms with Crippen LogP contribution in [-0.4, -0.2) is 24.7 Å². The van der Waals surface area contributed by atoms with E-state index in [0.29, 0.717) is 31.1 Å². The third-order valence-corrected chi connectivity index (χ3v) is 9.40. The van der Waals surface area contributed by atoms with Gasteiger partial charge in [-0.25, -0.2) is 17.6 Å². The molecule has 4 rings (SSSR count). The maximum absolute atomic E-state index is 15.2. The average molecular weight is 417 g/mol. The van der Waals surface area contributed by atoms with E-state index in [1.54, 1.807) is 0 Å². The van der Waals surface area contributed by atoms with Gasteiger partial charge in [-0.15, -0.1) is 0 Å². The van der Waals surface area contributed by atoms with Crippen molar-refractivity contribution < 1.29 is 17.6 Å². The largest absolute Gasteiger partial charge is 0.247 e. The predicted molar refractivity (Wildman–Crippen MR) is 110 cm³/mol. The van der Waals surface area contributed by atoms with E-state index in [1.807, 2.05) is 0 Å². The van der Waals surface area contributed by atoms with Crippen LogP contribution >= 0.6 is 0 Å². The van der Waals surface area contributed by atoms with Crippen molar-refractivity contribution in [1.29, 1.82) is 0 Å². The van der Waals surface area contributed by atoms with Crippen LogP contribution in [0.25, 0.3) is 0 Å². The second-order valence-electron chi connectivity index (χ2n) is 11.1. The average Bonchev–Trinajstić information content (AvgIpc) is 2.70. The number of hydrogen-bond acceptors (Lipinski definition) is 0. The summed E-state index contributed by atoms with van der Waals surface area (Å²) in [6.07, 6.45) is 6.34. The highest BCUT2D eigenvalue weighted by Gasteiger charge is 2.45. The van der Waals surface area contributed by atoms with Crippen molar-refractivity contribution in [2.45, 2.75) is 115 Å². The molecule has 4 aliphatic carbocycles. The maximum atomic E-state index is 15.2. The van der Waals surface area contributed by atoms with Gasteiger partial charge in [0.25, 0.3) is 0 Å². The molecule has 0 aromatic rings. The fourth-order valence-electron chi connectivity index (χ4n) is 7.47. The van der Waals surface area contributed by atoms with Crippen LogP contribution in [0, 0.1) is 41.4 Å². The second-order valence-corrected chi connectivity index (χ2v) is 11.1. The standard InChI is InChI=1S/C25H40F4/c1-15-2-4-16(5-3-15)17-6-9-20(23(27)12-17)18-7-10-21(24(28)13-18)19-8-11-22(26)25(29)14-19/h15-25H,2-14H2,1H3. The van der Waals surface area contributed by atoms with Crippen molar-refractivity contribution in [3.05, 3.63) is 0 Å². The molecule has 4 heteroatoms. The summed E-state index contributed by atoms with van der Waals surface area (Å²) in [5, 5.41) is 0. The van der Waals surface area contributed by atoms with Gasteiger partial charge in [0.05, 0.1) is 0 Å². The fourth-order valence-corrected chi connectivity index (χ4v) is 7.47. The molecule has 4 aliphatic rings. The molecular formula is C25H40F4. The van der Waals surface area contributed by atoms with Crippen LogP contribution in [0.4, 0.5) is 17.6 Å². The van der Waals surface area contributed by atoms with E-state index in [2.05, 4.69) is 6.92 Å². The van der Waals surface area contributed by atoms with Crippen LogP contribution in [0.15, 0.2) is 0 Å². The predicted octanol–water partition coefficient (Wildman–Crippen LogP) is 7.80. The summed E-state index contributed by atoms with van der Waals surface area (Å²) in [6.45, 7) is 2.33. The Kier molecular flexibility index (Phi) is 7.16. The zero-order valence-corrected chi connectivity index (χ0v) is 18.1. The Hall–Kier alpha value is -0.280. The van der Waals surface area contributed by atoms with Gasteiger partial charge in [0.15, 0.2) is 0 Å². The molecule has 0 nitrogen and oxygen atoms in total. The van der Waals surface area contributed by atoms with E-state index in [4.69, 9.17) is 0 Å². The van der Waals surface area contributed by atoms with Crippen LogP contribution in [0.2, 0.25) is 0 Å². The van der Waals surface area contributed by atoms with Gasteiger partial charge in [-0.05, 0) is 112 Å². The van der Waals surface area contributed by atoms with Gasteiger partial charge >= 0.3 is 0 Å². The molecule has 0 heterocycles. The molecule has 0 aromatic carbocycles. The Labute approximate surface area is 174 Å². The Morgan fingerprint density at radius 3 is 1.41 bits per heavy atom. The van der Waals surface area contributed by atoms with Crippen molar-refractivity contribution in [3.8, 4) is 0 Å². The smallest absolute Gasteiger partial charge is 0.131 e. The molecule has 0 bridgehead atoms. The number of alkyl halides is 4. The zero-order chi connectivity index (χ0) is 20.5. The van der Waals surface area contributed by atoms with Gasteiger partial charge < -0.3 is 0 Å². The number of rotatable bonds is 3. The fraction of sp³-hybridized carbons (Fsp3) is 1.00. The van der Waals surface area contributed by atoms with Crippen LogP contribution in [-0.2, 0) is 0 Å². The highest BCUT2D eigenvalue weighted by atomic mass is 19.2. The van der Waals surface area contributed by atoms with Gasteiger partial charge in [0.1, 0.15) is 24.7 Å². The maximum Gasteiger partial charge on any atom is 0.131 e. The molecule has 29 heavy (non-hydrogen) atoms. The Morgan fingerprint density at radius 1 is 0.414 bits per heavy atom. The lowest BCUT2D eigenvalue weighted by molar-refractivity contribution is -0.0140. The summed E-state index contributed by atoms with van der Waals surface area (Å²) < 4.78 is 57.5. The Morgan fingerprint density at radius 2 is 0.862 bits per heavy atom. The molecule has 4 fully saturated rings. The first-order valence-electron chi connectivity index (χ1n) is 12.5. The van der Waals surface area contributed by atoms with Crippen molar-refractivity contribution in [2.75, 3.05) is 0 Å². The van der Waals surface area contributed by atoms with Gasteiger partial charge in [0, 0.05) is 0 Å². The van der Waals surface area contributed by atoms with E-state index >= 15 is 8.78 Å². The monoisotopic (exact) mass is 416 g/mol. The second kappa shape index (κ2) is 9.47. The van der Waals surface area contributed by atoms with E-state index in [0.717, 1.165) is 31.6 Å². The molecule has 0 saturated heterocycles. The van der Waals surface area contributed by atoms with Crippen molar-refractivity contribution >= 4 is 0 Å². The first kappa shape index (κ1) is 21.9. The highest BCUT2D eigenvalue weighted by Crippen LogP contribution is 2.49. The number of halogens is 4. The zero-order valence-electron chi connectivity index (χ0n) is 18.1. The van der Waals surface area contributed by atoms with Crippen molar-refractivity contribution in [2.24, 2.45) is 41.4 Å². The molecule has 9 atom stereocenters. The third kappa shape index (κ3) is 4.97. The first-order chi connectivity index (χ1) is 13.9. The van der Waals surface area contributed by atoms with Gasteiger partial charge in [-0.2, -0.15) is 0 Å². The summed E-state index contributed by atoms with van der Waals surface area (Å²) in [5.41, 5.74) is 0. The highest BCUT2D eigenvalue weighted by molar-refractivity contribution is 4.94. The molecule has 0 spiro atoms. The minimum absolute atomic E-state index is 0.0171. The Balaban J connectivity index is 1.27. The molecule has 0 amide bonds. The van der Waals surface area contributed by atoms with Crippen molar-refractivity contribution in [1.82, 2.24) is 0 Å². The third-order valence-electron chi connectivity index (χ3n) is 9.40. The van der Waals surface area contributed by atoms with Gasteiger partial charge in [0.2, 0.25) is 0 Å². The SMILES string of the molecule is CC1CCC(C2CCC(C3CCC(C4CCC(F)C(F)C4)C(F)C3)C(F)C2)CC1. The Bertz CT molecular complexity index is 517. The summed E-state index contributed by atoms with van der Waals surface area (Å²) in [5.74, 6) is 2.05. The van der Waals surface area contributed by atoms with Crippen LogP contribution in [0.5, 0.6) is 0 Å². The summed E-state index contributed by atoms with van der Waals surface area (Å²) in [7, 11) is 0. The van der Waals surface area contributed by atoms with E-state index < -0.39 is 24.7 Å². The van der Waals surface area contributed by atoms with Crippen LogP contribution in [0.3, 0.4) is 0 Å². The molecular weight excluding hydrogens is 376 g/mol. The normalized spacial score (nSPS) is 52.2. The minimum atomic E-state index is -1.42. The van der Waals surface area contributed by atoms with Crippen LogP contribution < -0.4 is 0 Å². The van der Waals surface area contributed by atoms with Crippen molar-refractivity contribution in [3.63, 3.8) is 0 Å². The number of hydrogen-bond donors (Lipinski definition) is 0.